The molecule has 0 radical (unpaired) electrons. The lowest BCUT2D eigenvalue weighted by Gasteiger charge is -2.03. The summed E-state index contributed by atoms with van der Waals surface area (Å²) >= 11 is 0. The number of benzene rings is 2. The minimum absolute atomic E-state index is 0.543. The first kappa shape index (κ1) is 15.2. The minimum atomic E-state index is -0.839. The molecule has 0 saturated heterocycles. The molecule has 0 aliphatic rings. The van der Waals surface area contributed by atoms with Crippen molar-refractivity contribution in [2.24, 2.45) is 5.10 Å². The maximum atomic E-state index is 11.6. The van der Waals surface area contributed by atoms with Crippen LogP contribution in [0.2, 0.25) is 0 Å². The lowest BCUT2D eigenvalue weighted by Crippen LogP contribution is -2.32. The molecule has 2 aromatic rings. The number of methoxy groups -OCH3 is 1. The molecule has 2 N–H and O–H groups in total. The Hall–Kier alpha value is -3.15. The number of rotatable bonds is 4. The van der Waals surface area contributed by atoms with Crippen molar-refractivity contribution in [1.29, 1.82) is 0 Å². The summed E-state index contributed by atoms with van der Waals surface area (Å²) < 4.78 is 5.03. The van der Waals surface area contributed by atoms with Crippen LogP contribution in [0.3, 0.4) is 0 Å². The predicted molar refractivity (Wildman–Crippen MR) is 83.8 cm³/mol. The van der Waals surface area contributed by atoms with Gasteiger partial charge in [0.15, 0.2) is 0 Å². The van der Waals surface area contributed by atoms with E-state index in [1.165, 1.54) is 6.21 Å². The molecule has 0 fully saturated rings. The van der Waals surface area contributed by atoms with Gasteiger partial charge in [0, 0.05) is 5.69 Å². The number of anilines is 1. The van der Waals surface area contributed by atoms with Gasteiger partial charge >= 0.3 is 11.8 Å². The molecule has 0 unspecified atom stereocenters. The molecule has 0 bridgehead atoms. The molecule has 112 valence electrons. The van der Waals surface area contributed by atoms with Crippen molar-refractivity contribution < 1.29 is 14.3 Å². The Bertz CT molecular complexity index is 667. The van der Waals surface area contributed by atoms with Crippen LogP contribution < -0.4 is 15.5 Å². The van der Waals surface area contributed by atoms with Crippen LogP contribution in [0, 0.1) is 0 Å². The monoisotopic (exact) mass is 297 g/mol. The van der Waals surface area contributed by atoms with Crippen LogP contribution in [0.15, 0.2) is 59.7 Å². The van der Waals surface area contributed by atoms with Crippen molar-refractivity contribution in [1.82, 2.24) is 5.43 Å². The fourth-order valence-corrected chi connectivity index (χ4v) is 1.62. The molecule has 22 heavy (non-hydrogen) atoms. The van der Waals surface area contributed by atoms with Crippen molar-refractivity contribution in [3.63, 3.8) is 0 Å². The van der Waals surface area contributed by atoms with E-state index in [1.807, 2.05) is 6.07 Å². The quantitative estimate of drug-likeness (QED) is 0.513. The number of amides is 2. The van der Waals surface area contributed by atoms with Gasteiger partial charge in [-0.3, -0.25) is 9.59 Å². The second kappa shape index (κ2) is 7.58. The molecule has 0 atom stereocenters. The summed E-state index contributed by atoms with van der Waals surface area (Å²) in [5, 5.41) is 6.20. The molecule has 0 aromatic heterocycles. The normalized spacial score (nSPS) is 10.2. The second-order valence-corrected chi connectivity index (χ2v) is 4.29. The average molecular weight is 297 g/mol. The number of hydrogen-bond acceptors (Lipinski definition) is 4. The highest BCUT2D eigenvalue weighted by Crippen LogP contribution is 2.09. The van der Waals surface area contributed by atoms with Crippen molar-refractivity contribution in [3.05, 3.63) is 60.2 Å². The lowest BCUT2D eigenvalue weighted by atomic mass is 10.2. The highest BCUT2D eigenvalue weighted by molar-refractivity contribution is 6.39. The average Bonchev–Trinajstić information content (AvgIpc) is 2.56. The van der Waals surface area contributed by atoms with Gasteiger partial charge in [-0.25, -0.2) is 5.43 Å². The number of carbonyl (C=O) groups excluding carboxylic acids is 2. The van der Waals surface area contributed by atoms with Gasteiger partial charge in [-0.15, -0.1) is 0 Å². The molecular formula is C16H15N3O3. The summed E-state index contributed by atoms with van der Waals surface area (Å²) in [6, 6.07) is 15.8. The van der Waals surface area contributed by atoms with Crippen molar-refractivity contribution in [2.75, 3.05) is 12.4 Å². The van der Waals surface area contributed by atoms with Gasteiger partial charge in [0.1, 0.15) is 5.75 Å². The summed E-state index contributed by atoms with van der Waals surface area (Å²) in [6.45, 7) is 0. The summed E-state index contributed by atoms with van der Waals surface area (Å²) in [5.74, 6) is -0.893. The summed E-state index contributed by atoms with van der Waals surface area (Å²) in [4.78, 5) is 23.2. The summed E-state index contributed by atoms with van der Waals surface area (Å²) in [6.07, 6.45) is 1.44. The Balaban J connectivity index is 1.86. The van der Waals surface area contributed by atoms with E-state index in [0.29, 0.717) is 5.69 Å². The van der Waals surface area contributed by atoms with Crippen LogP contribution in [-0.4, -0.2) is 25.1 Å². The number of nitrogens with zero attached hydrogens (tertiary/aromatic N) is 1. The number of para-hydroxylation sites is 1. The minimum Gasteiger partial charge on any atom is -0.497 e. The van der Waals surface area contributed by atoms with Crippen molar-refractivity contribution in [3.8, 4) is 5.75 Å². The Labute approximate surface area is 127 Å². The maximum absolute atomic E-state index is 11.6. The summed E-state index contributed by atoms with van der Waals surface area (Å²) in [7, 11) is 1.58. The van der Waals surface area contributed by atoms with E-state index in [0.717, 1.165) is 11.3 Å². The van der Waals surface area contributed by atoms with E-state index in [-0.39, 0.29) is 0 Å². The number of nitrogens with one attached hydrogen (secondary N) is 2. The molecule has 0 aliphatic carbocycles. The van der Waals surface area contributed by atoms with E-state index in [4.69, 9.17) is 4.74 Å². The molecule has 6 nitrogen and oxygen atoms in total. The van der Waals surface area contributed by atoms with E-state index >= 15 is 0 Å². The number of carbonyl (C=O) groups is 2. The molecular weight excluding hydrogens is 282 g/mol. The SMILES string of the molecule is COc1ccc(/C=N\NC(=O)C(=O)Nc2ccccc2)cc1. The molecule has 2 rings (SSSR count). The summed E-state index contributed by atoms with van der Waals surface area (Å²) in [5.41, 5.74) is 3.48. The Morgan fingerprint density at radius 3 is 2.32 bits per heavy atom. The van der Waals surface area contributed by atoms with Crippen LogP contribution in [0.1, 0.15) is 5.56 Å². The van der Waals surface area contributed by atoms with Gasteiger partial charge in [0.05, 0.1) is 13.3 Å². The number of hydrogen-bond donors (Lipinski definition) is 2. The third kappa shape index (κ3) is 4.45. The van der Waals surface area contributed by atoms with Crippen LogP contribution in [-0.2, 0) is 9.59 Å². The van der Waals surface area contributed by atoms with Gasteiger partial charge in [0.2, 0.25) is 0 Å². The molecule has 2 aromatic carbocycles. The van der Waals surface area contributed by atoms with E-state index in [2.05, 4.69) is 15.8 Å². The lowest BCUT2D eigenvalue weighted by molar-refractivity contribution is -0.136. The largest absolute Gasteiger partial charge is 0.497 e. The zero-order chi connectivity index (χ0) is 15.8. The van der Waals surface area contributed by atoms with E-state index in [1.54, 1.807) is 55.6 Å². The molecule has 0 aliphatic heterocycles. The second-order valence-electron chi connectivity index (χ2n) is 4.29. The smallest absolute Gasteiger partial charge is 0.329 e. The standard InChI is InChI=1S/C16H15N3O3/c1-22-14-9-7-12(8-10-14)11-17-19-16(21)15(20)18-13-5-3-2-4-6-13/h2-11H,1H3,(H,18,20)(H,19,21)/b17-11-. The number of hydrazone groups is 1. The zero-order valence-electron chi connectivity index (χ0n) is 11.9. The first-order chi connectivity index (χ1) is 10.7. The number of ether oxygens (including phenoxy) is 1. The first-order valence-corrected chi connectivity index (χ1v) is 6.52. The Morgan fingerprint density at radius 1 is 1.00 bits per heavy atom. The van der Waals surface area contributed by atoms with Crippen LogP contribution in [0.5, 0.6) is 5.75 Å². The maximum Gasteiger partial charge on any atom is 0.329 e. The van der Waals surface area contributed by atoms with Gasteiger partial charge in [0.25, 0.3) is 0 Å². The molecule has 0 saturated carbocycles. The Morgan fingerprint density at radius 2 is 1.68 bits per heavy atom. The van der Waals surface area contributed by atoms with Crippen molar-refractivity contribution >= 4 is 23.7 Å². The molecule has 6 heteroatoms. The Kier molecular flexibility index (Phi) is 5.25. The fraction of sp³-hybridized carbons (Fsp3) is 0.0625. The van der Waals surface area contributed by atoms with Gasteiger partial charge < -0.3 is 10.1 Å². The third-order valence-electron chi connectivity index (χ3n) is 2.73. The van der Waals surface area contributed by atoms with E-state index < -0.39 is 11.8 Å². The van der Waals surface area contributed by atoms with E-state index in [9.17, 15) is 9.59 Å². The van der Waals surface area contributed by atoms with Gasteiger partial charge in [-0.2, -0.15) is 5.10 Å². The first-order valence-electron chi connectivity index (χ1n) is 6.52. The van der Waals surface area contributed by atoms with Crippen LogP contribution in [0.25, 0.3) is 0 Å². The highest BCUT2D eigenvalue weighted by Gasteiger charge is 2.12. The third-order valence-corrected chi connectivity index (χ3v) is 2.73. The fourth-order valence-electron chi connectivity index (χ4n) is 1.62. The zero-order valence-corrected chi connectivity index (χ0v) is 11.9. The predicted octanol–water partition coefficient (Wildman–Crippen LogP) is 1.78. The van der Waals surface area contributed by atoms with Gasteiger partial charge in [-0.1, -0.05) is 18.2 Å². The topological polar surface area (TPSA) is 79.8 Å². The van der Waals surface area contributed by atoms with Gasteiger partial charge in [-0.05, 0) is 42.0 Å². The van der Waals surface area contributed by atoms with Crippen LogP contribution >= 0.6 is 0 Å². The molecule has 2 amide bonds. The molecule has 0 spiro atoms. The van der Waals surface area contributed by atoms with Crippen molar-refractivity contribution in [2.45, 2.75) is 0 Å². The molecule has 0 heterocycles. The van der Waals surface area contributed by atoms with Crippen LogP contribution in [0.4, 0.5) is 5.69 Å². The highest BCUT2D eigenvalue weighted by atomic mass is 16.5.